The highest BCUT2D eigenvalue weighted by Crippen LogP contribution is 2.70. The van der Waals surface area contributed by atoms with Gasteiger partial charge in [0, 0.05) is 43.8 Å². The predicted molar refractivity (Wildman–Crippen MR) is 135 cm³/mol. The minimum absolute atomic E-state index is 1.03. The fourth-order valence-electron chi connectivity index (χ4n) is 5.42. The van der Waals surface area contributed by atoms with E-state index in [-0.39, 0.29) is 0 Å². The van der Waals surface area contributed by atoms with Gasteiger partial charge >= 0.3 is 0 Å². The van der Waals surface area contributed by atoms with Crippen molar-refractivity contribution < 1.29 is 0 Å². The molecule has 152 valence electrons. The van der Waals surface area contributed by atoms with E-state index in [0.717, 1.165) is 23.0 Å². The van der Waals surface area contributed by atoms with Crippen molar-refractivity contribution in [2.24, 2.45) is 0 Å². The number of pyridine rings is 3. The largest absolute Gasteiger partial charge is 0.298 e. The molecule has 0 atom stereocenters. The Hall–Kier alpha value is -3.10. The Bertz CT molecular complexity index is 1170. The van der Waals surface area contributed by atoms with Crippen LogP contribution in [0.3, 0.4) is 0 Å². The maximum absolute atomic E-state index is 4.96. The van der Waals surface area contributed by atoms with Crippen molar-refractivity contribution >= 4 is 35.2 Å². The van der Waals surface area contributed by atoms with Gasteiger partial charge in [-0.2, -0.15) is 0 Å². The second-order valence-electron chi connectivity index (χ2n) is 8.74. The van der Waals surface area contributed by atoms with Crippen molar-refractivity contribution in [2.45, 2.75) is 0 Å². The van der Waals surface area contributed by atoms with Crippen LogP contribution in [0.15, 0.2) is 104 Å². The molecule has 4 heterocycles. The quantitative estimate of drug-likeness (QED) is 0.363. The first-order valence-electron chi connectivity index (χ1n) is 10.7. The van der Waals surface area contributed by atoms with Crippen molar-refractivity contribution in [3.8, 4) is 0 Å². The zero-order valence-electron chi connectivity index (χ0n) is 17.9. The molecule has 0 N–H and O–H groups in total. The van der Waals surface area contributed by atoms with Gasteiger partial charge in [-0.05, 0) is 35.4 Å². The van der Waals surface area contributed by atoms with Crippen LogP contribution in [0.4, 0.5) is 0 Å². The maximum Gasteiger partial charge on any atom is 0.282 e. The Balaban J connectivity index is 1.94. The lowest BCUT2D eigenvalue weighted by Gasteiger charge is -2.43. The number of rotatable bonds is 4. The number of aromatic nitrogens is 3. The summed E-state index contributed by atoms with van der Waals surface area (Å²) < 4.78 is 0. The Kier molecular flexibility index (Phi) is 5.04. The van der Waals surface area contributed by atoms with Crippen LogP contribution < -0.4 is 11.2 Å². The van der Waals surface area contributed by atoms with Gasteiger partial charge in [-0.25, -0.2) is 0 Å². The fraction of sp³-hybridized carbons (Fsp3) is 0.115. The molecule has 5 rings (SSSR count). The van der Waals surface area contributed by atoms with Gasteiger partial charge in [0.25, 0.3) is 5.87 Å². The van der Waals surface area contributed by atoms with Crippen LogP contribution in [0.2, 0.25) is 0 Å². The van der Waals surface area contributed by atoms with Crippen molar-refractivity contribution in [3.05, 3.63) is 115 Å². The lowest BCUT2D eigenvalue weighted by atomic mass is 9.35. The standard InChI is InChI=1S/C26H25BN3P/c1-31(2)20-22(21-12-4-3-5-13-21)26(23-14-6-9-17-28-23)27(31,24-15-7-10-18-29-24)25-16-8-11-19-30-25/h3-19H,20H2,1-2H3. The highest BCUT2D eigenvalue weighted by molar-refractivity contribution is 8.14. The molecular formula is C26H25BN3P. The molecule has 1 aromatic carbocycles. The van der Waals surface area contributed by atoms with E-state index in [4.69, 9.17) is 15.0 Å². The summed E-state index contributed by atoms with van der Waals surface area (Å²) in [6.45, 7) is 4.93. The van der Waals surface area contributed by atoms with Gasteiger partial charge < -0.3 is 0 Å². The van der Waals surface area contributed by atoms with Gasteiger partial charge in [-0.1, -0.05) is 71.9 Å². The second-order valence-corrected chi connectivity index (χ2v) is 13.4. The van der Waals surface area contributed by atoms with Crippen LogP contribution >= 0.6 is 7.14 Å². The number of hydrogen-bond acceptors (Lipinski definition) is 3. The SMILES string of the molecule is C[P+]1(C)CC(c2ccccc2)=C(c2ccccn2)[B-]1(c1ccccn1)c1ccccn1. The molecule has 1 aliphatic rings. The minimum atomic E-state index is -1.60. The van der Waals surface area contributed by atoms with Gasteiger partial charge in [0.05, 0.1) is 0 Å². The first-order chi connectivity index (χ1) is 15.1. The first-order valence-corrected chi connectivity index (χ1v) is 13.6. The zero-order valence-corrected chi connectivity index (χ0v) is 18.8. The average molecular weight is 421 g/mol. The summed E-state index contributed by atoms with van der Waals surface area (Å²) in [5.41, 5.74) is 7.23. The zero-order chi connectivity index (χ0) is 21.3. The molecule has 5 heteroatoms. The predicted octanol–water partition coefficient (Wildman–Crippen LogP) is 4.37. The van der Waals surface area contributed by atoms with Gasteiger partial charge in [-0.3, -0.25) is 15.0 Å². The molecule has 0 radical (unpaired) electrons. The monoisotopic (exact) mass is 421 g/mol. The summed E-state index contributed by atoms with van der Waals surface area (Å²) in [7, 11) is -1.60. The van der Waals surface area contributed by atoms with Crippen LogP contribution in [0.25, 0.3) is 11.0 Å². The van der Waals surface area contributed by atoms with Crippen molar-refractivity contribution in [1.82, 2.24) is 15.0 Å². The molecule has 0 spiro atoms. The molecule has 0 fully saturated rings. The molecule has 31 heavy (non-hydrogen) atoms. The Morgan fingerprint density at radius 3 is 1.71 bits per heavy atom. The van der Waals surface area contributed by atoms with Crippen LogP contribution in [0.1, 0.15) is 11.3 Å². The van der Waals surface area contributed by atoms with Gasteiger partial charge in [-0.15, -0.1) is 12.6 Å². The minimum Gasteiger partial charge on any atom is -0.298 e. The molecule has 1 aliphatic heterocycles. The van der Waals surface area contributed by atoms with Crippen molar-refractivity contribution in [3.63, 3.8) is 0 Å². The van der Waals surface area contributed by atoms with E-state index in [9.17, 15) is 0 Å². The normalized spacial score (nSPS) is 17.0. The molecule has 3 nitrogen and oxygen atoms in total. The molecular weight excluding hydrogens is 396 g/mol. The van der Waals surface area contributed by atoms with E-state index in [1.165, 1.54) is 16.6 Å². The third kappa shape index (κ3) is 3.14. The summed E-state index contributed by atoms with van der Waals surface area (Å²) in [5, 5.41) is 0. The highest BCUT2D eigenvalue weighted by atomic mass is 31.2. The van der Waals surface area contributed by atoms with Gasteiger partial charge in [0.2, 0.25) is 0 Å². The summed E-state index contributed by atoms with van der Waals surface area (Å²) >= 11 is 0. The fourth-order valence-corrected chi connectivity index (χ4v) is 9.58. The highest BCUT2D eigenvalue weighted by Gasteiger charge is 2.59. The number of allylic oxidation sites excluding steroid dienone is 1. The maximum atomic E-state index is 4.96. The third-order valence-electron chi connectivity index (χ3n) is 6.65. The van der Waals surface area contributed by atoms with E-state index < -0.39 is 13.0 Å². The Morgan fingerprint density at radius 2 is 1.19 bits per heavy atom. The topological polar surface area (TPSA) is 38.7 Å². The van der Waals surface area contributed by atoms with Crippen LogP contribution in [-0.2, 0) is 0 Å². The second kappa shape index (κ2) is 7.87. The summed E-state index contributed by atoms with van der Waals surface area (Å²) in [6.07, 6.45) is 6.76. The smallest absolute Gasteiger partial charge is 0.282 e. The first kappa shape index (κ1) is 19.8. The van der Waals surface area contributed by atoms with Crippen molar-refractivity contribution in [1.29, 1.82) is 0 Å². The summed E-state index contributed by atoms with van der Waals surface area (Å²) in [5.74, 6) is -1.37. The van der Waals surface area contributed by atoms with E-state index in [1.807, 2.05) is 36.8 Å². The van der Waals surface area contributed by atoms with Gasteiger partial charge in [0.15, 0.2) is 0 Å². The van der Waals surface area contributed by atoms with Crippen LogP contribution in [0, 0.1) is 0 Å². The molecule has 0 amide bonds. The lowest BCUT2D eigenvalue weighted by Crippen LogP contribution is -2.61. The molecule has 0 aliphatic carbocycles. The average Bonchev–Trinajstić information content (AvgIpc) is 3.09. The Morgan fingerprint density at radius 1 is 0.645 bits per heavy atom. The number of hydrogen-bond donors (Lipinski definition) is 0. The summed E-state index contributed by atoms with van der Waals surface area (Å²) in [4.78, 5) is 14.8. The molecule has 0 bridgehead atoms. The van der Waals surface area contributed by atoms with E-state index in [1.54, 1.807) is 0 Å². The lowest BCUT2D eigenvalue weighted by molar-refractivity contribution is 1.28. The number of nitrogens with zero attached hydrogens (tertiary/aromatic N) is 3. The third-order valence-corrected chi connectivity index (χ3v) is 10.7. The van der Waals surface area contributed by atoms with Crippen LogP contribution in [-0.4, -0.2) is 40.3 Å². The van der Waals surface area contributed by atoms with E-state index >= 15 is 0 Å². The number of benzene rings is 1. The molecule has 3 aromatic heterocycles. The molecule has 0 saturated carbocycles. The van der Waals surface area contributed by atoms with E-state index in [2.05, 4.69) is 80.1 Å². The Labute approximate surface area is 184 Å². The van der Waals surface area contributed by atoms with Crippen molar-refractivity contribution in [2.75, 3.05) is 19.5 Å². The van der Waals surface area contributed by atoms with Gasteiger partial charge in [0.1, 0.15) is 0 Å². The van der Waals surface area contributed by atoms with E-state index in [0.29, 0.717) is 0 Å². The van der Waals surface area contributed by atoms with Crippen LogP contribution in [0.5, 0.6) is 0 Å². The summed E-state index contributed by atoms with van der Waals surface area (Å²) in [6, 6.07) is 29.6. The molecule has 4 aromatic rings. The molecule has 0 unspecified atom stereocenters. The molecule has 0 saturated heterocycles.